The molecule has 0 radical (unpaired) electrons. The van der Waals surface area contributed by atoms with E-state index in [1.165, 1.54) is 12.1 Å². The Balaban J connectivity index is 2.05. The predicted molar refractivity (Wildman–Crippen MR) is 98.7 cm³/mol. The summed E-state index contributed by atoms with van der Waals surface area (Å²) < 4.78 is 18.6. The molecule has 2 rings (SSSR count). The number of rotatable bonds is 6. The number of carbonyl (C=O) groups is 1. The molecular formula is C20H25FN2O2. The van der Waals surface area contributed by atoms with Crippen LogP contribution in [0.3, 0.4) is 0 Å². The molecule has 25 heavy (non-hydrogen) atoms. The minimum Gasteiger partial charge on any atom is -0.497 e. The van der Waals surface area contributed by atoms with Gasteiger partial charge in [0.25, 0.3) is 0 Å². The number of nitrogens with zero attached hydrogens (tertiary/aromatic N) is 1. The van der Waals surface area contributed by atoms with Gasteiger partial charge >= 0.3 is 6.03 Å². The molecule has 4 nitrogen and oxygen atoms in total. The Bertz CT molecular complexity index is 716. The molecule has 1 N–H and O–H groups in total. The summed E-state index contributed by atoms with van der Waals surface area (Å²) in [5.41, 5.74) is 2.45. The lowest BCUT2D eigenvalue weighted by Crippen LogP contribution is -2.42. The molecule has 1 atom stereocenters. The Morgan fingerprint density at radius 1 is 1.24 bits per heavy atom. The van der Waals surface area contributed by atoms with Gasteiger partial charge in [-0.15, -0.1) is 0 Å². The van der Waals surface area contributed by atoms with Crippen molar-refractivity contribution in [2.24, 2.45) is 0 Å². The number of ether oxygens (including phenoxy) is 1. The molecule has 0 aliphatic carbocycles. The van der Waals surface area contributed by atoms with Crippen molar-refractivity contribution >= 4 is 11.7 Å². The van der Waals surface area contributed by atoms with Crippen molar-refractivity contribution in [2.45, 2.75) is 33.2 Å². The fourth-order valence-electron chi connectivity index (χ4n) is 2.78. The first-order valence-corrected chi connectivity index (χ1v) is 8.41. The van der Waals surface area contributed by atoms with Crippen LogP contribution in [0.2, 0.25) is 0 Å². The minimum absolute atomic E-state index is 0.00672. The van der Waals surface area contributed by atoms with E-state index in [0.717, 1.165) is 23.3 Å². The lowest BCUT2D eigenvalue weighted by Gasteiger charge is -2.28. The molecule has 0 bridgehead atoms. The number of nitrogens with one attached hydrogen (secondary N) is 1. The van der Waals surface area contributed by atoms with Crippen LogP contribution in [0.25, 0.3) is 0 Å². The standard InChI is InChI=1S/C20H25FN2O2/c1-5-23(15(3)12-16-7-10-18(25-4)11-8-16)20(24)22-19-13-17(21)9-6-14(19)2/h6-11,13,15H,5,12H2,1-4H3,(H,22,24). The Hall–Kier alpha value is -2.56. The van der Waals surface area contributed by atoms with Crippen molar-refractivity contribution in [1.29, 1.82) is 0 Å². The largest absolute Gasteiger partial charge is 0.497 e. The Labute approximate surface area is 148 Å². The second-order valence-corrected chi connectivity index (χ2v) is 6.08. The van der Waals surface area contributed by atoms with Gasteiger partial charge < -0.3 is 15.0 Å². The summed E-state index contributed by atoms with van der Waals surface area (Å²) in [5, 5.41) is 2.81. The second-order valence-electron chi connectivity index (χ2n) is 6.08. The van der Waals surface area contributed by atoms with Gasteiger partial charge in [0.2, 0.25) is 0 Å². The van der Waals surface area contributed by atoms with Crippen molar-refractivity contribution in [3.05, 3.63) is 59.4 Å². The molecular weight excluding hydrogens is 319 g/mol. The van der Waals surface area contributed by atoms with Crippen LogP contribution in [0, 0.1) is 12.7 Å². The lowest BCUT2D eigenvalue weighted by atomic mass is 10.1. The number of methoxy groups -OCH3 is 1. The molecule has 2 aromatic carbocycles. The maximum atomic E-state index is 13.4. The van der Waals surface area contributed by atoms with Crippen LogP contribution in [0.4, 0.5) is 14.9 Å². The first kappa shape index (κ1) is 18.8. The molecule has 134 valence electrons. The molecule has 5 heteroatoms. The quantitative estimate of drug-likeness (QED) is 0.830. The zero-order valence-corrected chi connectivity index (χ0v) is 15.2. The maximum absolute atomic E-state index is 13.4. The molecule has 0 heterocycles. The van der Waals surface area contributed by atoms with E-state index in [2.05, 4.69) is 5.32 Å². The highest BCUT2D eigenvalue weighted by Gasteiger charge is 2.19. The van der Waals surface area contributed by atoms with Crippen molar-refractivity contribution in [1.82, 2.24) is 4.90 Å². The molecule has 0 saturated carbocycles. The van der Waals surface area contributed by atoms with Gasteiger partial charge in [-0.25, -0.2) is 9.18 Å². The molecule has 0 spiro atoms. The molecule has 0 fully saturated rings. The summed E-state index contributed by atoms with van der Waals surface area (Å²) in [6.45, 7) is 6.35. The molecule has 0 aromatic heterocycles. The molecule has 0 aliphatic heterocycles. The van der Waals surface area contributed by atoms with Gasteiger partial charge in [0.15, 0.2) is 0 Å². The van der Waals surface area contributed by atoms with Crippen LogP contribution in [0.5, 0.6) is 5.75 Å². The Kier molecular flexibility index (Phi) is 6.39. The first-order valence-electron chi connectivity index (χ1n) is 8.41. The third kappa shape index (κ3) is 4.95. The summed E-state index contributed by atoms with van der Waals surface area (Å²) >= 11 is 0. The van der Waals surface area contributed by atoms with Crippen LogP contribution >= 0.6 is 0 Å². The molecule has 2 aromatic rings. The van der Waals surface area contributed by atoms with E-state index < -0.39 is 0 Å². The number of anilines is 1. The van der Waals surface area contributed by atoms with Gasteiger partial charge in [0.1, 0.15) is 11.6 Å². The van der Waals surface area contributed by atoms with E-state index in [-0.39, 0.29) is 17.9 Å². The van der Waals surface area contributed by atoms with Crippen molar-refractivity contribution in [2.75, 3.05) is 19.0 Å². The van der Waals surface area contributed by atoms with E-state index >= 15 is 0 Å². The van der Waals surface area contributed by atoms with Gasteiger partial charge in [-0.1, -0.05) is 18.2 Å². The third-order valence-electron chi connectivity index (χ3n) is 4.26. The number of likely N-dealkylation sites (N-methyl/N-ethyl adjacent to an activating group) is 1. The normalized spacial score (nSPS) is 11.7. The zero-order valence-electron chi connectivity index (χ0n) is 15.2. The fraction of sp³-hybridized carbons (Fsp3) is 0.350. The predicted octanol–water partition coefficient (Wildman–Crippen LogP) is 4.63. The molecule has 2 amide bonds. The highest BCUT2D eigenvalue weighted by molar-refractivity contribution is 5.90. The summed E-state index contributed by atoms with van der Waals surface area (Å²) in [6, 6.07) is 12.0. The number of halogens is 1. The maximum Gasteiger partial charge on any atom is 0.322 e. The van der Waals surface area contributed by atoms with Crippen molar-refractivity contribution < 1.29 is 13.9 Å². The highest BCUT2D eigenvalue weighted by Crippen LogP contribution is 2.18. The van der Waals surface area contributed by atoms with Gasteiger partial charge in [0.05, 0.1) is 7.11 Å². The molecule has 0 aliphatic rings. The molecule has 1 unspecified atom stereocenters. The van der Waals surface area contributed by atoms with Gasteiger partial charge in [-0.2, -0.15) is 0 Å². The van der Waals surface area contributed by atoms with Gasteiger partial charge in [0, 0.05) is 18.3 Å². The third-order valence-corrected chi connectivity index (χ3v) is 4.26. The van der Waals surface area contributed by atoms with E-state index in [9.17, 15) is 9.18 Å². The number of aryl methyl sites for hydroxylation is 1. The average Bonchev–Trinajstić information content (AvgIpc) is 2.59. The highest BCUT2D eigenvalue weighted by atomic mass is 19.1. The number of hydrogen-bond donors (Lipinski definition) is 1. The number of amides is 2. The van der Waals surface area contributed by atoms with E-state index in [1.54, 1.807) is 18.1 Å². The summed E-state index contributed by atoms with van der Waals surface area (Å²) in [4.78, 5) is 14.4. The number of benzene rings is 2. The summed E-state index contributed by atoms with van der Waals surface area (Å²) in [5.74, 6) is 0.443. The van der Waals surface area contributed by atoms with Crippen LogP contribution in [-0.4, -0.2) is 30.6 Å². The average molecular weight is 344 g/mol. The SMILES string of the molecule is CCN(C(=O)Nc1cc(F)ccc1C)C(C)Cc1ccc(OC)cc1. The van der Waals surface area contributed by atoms with E-state index in [4.69, 9.17) is 4.74 Å². The molecule has 0 saturated heterocycles. The van der Waals surface area contributed by atoms with Crippen LogP contribution in [-0.2, 0) is 6.42 Å². The van der Waals surface area contributed by atoms with Crippen LogP contribution in [0.1, 0.15) is 25.0 Å². The number of hydrogen-bond acceptors (Lipinski definition) is 2. The van der Waals surface area contributed by atoms with Crippen molar-refractivity contribution in [3.63, 3.8) is 0 Å². The smallest absolute Gasteiger partial charge is 0.322 e. The second kappa shape index (κ2) is 8.51. The van der Waals surface area contributed by atoms with Gasteiger partial charge in [-0.05, 0) is 62.6 Å². The van der Waals surface area contributed by atoms with Gasteiger partial charge in [-0.3, -0.25) is 0 Å². The Morgan fingerprint density at radius 2 is 1.92 bits per heavy atom. The Morgan fingerprint density at radius 3 is 2.52 bits per heavy atom. The van der Waals surface area contributed by atoms with E-state index in [1.807, 2.05) is 45.0 Å². The van der Waals surface area contributed by atoms with E-state index in [0.29, 0.717) is 12.2 Å². The fourth-order valence-corrected chi connectivity index (χ4v) is 2.78. The van der Waals surface area contributed by atoms with Crippen molar-refractivity contribution in [3.8, 4) is 5.75 Å². The lowest BCUT2D eigenvalue weighted by molar-refractivity contribution is 0.196. The number of carbonyl (C=O) groups excluding carboxylic acids is 1. The van der Waals surface area contributed by atoms with Crippen LogP contribution in [0.15, 0.2) is 42.5 Å². The first-order chi connectivity index (χ1) is 11.9. The topological polar surface area (TPSA) is 41.6 Å². The summed E-state index contributed by atoms with van der Waals surface area (Å²) in [7, 11) is 1.63. The number of urea groups is 1. The monoisotopic (exact) mass is 344 g/mol. The summed E-state index contributed by atoms with van der Waals surface area (Å²) in [6.07, 6.45) is 0.730. The van der Waals surface area contributed by atoms with Crippen LogP contribution < -0.4 is 10.1 Å². The zero-order chi connectivity index (χ0) is 18.4. The minimum atomic E-state index is -0.366.